The van der Waals surface area contributed by atoms with Crippen molar-refractivity contribution in [2.24, 2.45) is 5.10 Å². The van der Waals surface area contributed by atoms with Gasteiger partial charge in [-0.3, -0.25) is 4.79 Å². The summed E-state index contributed by atoms with van der Waals surface area (Å²) >= 11 is 13.1. The van der Waals surface area contributed by atoms with Crippen LogP contribution in [0.4, 0.5) is 11.6 Å². The minimum Gasteiger partial charge on any atom is -0.488 e. The van der Waals surface area contributed by atoms with Crippen molar-refractivity contribution in [3.05, 3.63) is 94.0 Å². The number of thioether (sulfide) groups is 1. The van der Waals surface area contributed by atoms with Gasteiger partial charge in [-0.2, -0.15) is 5.10 Å². The van der Waals surface area contributed by atoms with Crippen LogP contribution in [0.5, 0.6) is 5.75 Å². The van der Waals surface area contributed by atoms with Crippen LogP contribution in [0.2, 0.25) is 10.0 Å². The lowest BCUT2D eigenvalue weighted by Crippen LogP contribution is -2.17. The summed E-state index contributed by atoms with van der Waals surface area (Å²) in [7, 11) is 0. The van der Waals surface area contributed by atoms with Crippen LogP contribution in [0.15, 0.2) is 83.1 Å². The van der Waals surface area contributed by atoms with Crippen molar-refractivity contribution in [1.82, 2.24) is 14.9 Å². The molecular formula is C24H21Cl2N7O2S. The zero-order valence-corrected chi connectivity index (χ0v) is 21.1. The molecule has 0 aliphatic carbocycles. The van der Waals surface area contributed by atoms with Gasteiger partial charge >= 0.3 is 0 Å². The topological polar surface area (TPSA) is 119 Å². The van der Waals surface area contributed by atoms with E-state index < -0.39 is 0 Å². The third-order valence-electron chi connectivity index (χ3n) is 4.72. The van der Waals surface area contributed by atoms with E-state index in [9.17, 15) is 4.79 Å². The SMILES string of the molecule is Nn1c(N/N=C/c2ccccc2OCc2ccccc2)nnc1SCC(=O)Nc1cc(Cl)ccc1Cl. The molecule has 0 aliphatic rings. The largest absolute Gasteiger partial charge is 0.488 e. The number of hydrogen-bond donors (Lipinski definition) is 3. The lowest BCUT2D eigenvalue weighted by atomic mass is 10.2. The molecule has 0 unspecified atom stereocenters. The zero-order valence-electron chi connectivity index (χ0n) is 18.8. The van der Waals surface area contributed by atoms with Crippen molar-refractivity contribution < 1.29 is 9.53 Å². The highest BCUT2D eigenvalue weighted by atomic mass is 35.5. The quantitative estimate of drug-likeness (QED) is 0.111. The average molecular weight is 542 g/mol. The molecule has 4 N–H and O–H groups in total. The monoisotopic (exact) mass is 541 g/mol. The molecule has 0 saturated heterocycles. The number of nitrogens with two attached hydrogens (primary N) is 1. The number of carbonyl (C=O) groups excluding carboxylic acids is 1. The Morgan fingerprint density at radius 3 is 2.69 bits per heavy atom. The maximum absolute atomic E-state index is 12.3. The fourth-order valence-electron chi connectivity index (χ4n) is 2.97. The highest BCUT2D eigenvalue weighted by Crippen LogP contribution is 2.26. The van der Waals surface area contributed by atoms with Crippen molar-refractivity contribution in [1.29, 1.82) is 0 Å². The van der Waals surface area contributed by atoms with Crippen LogP contribution in [-0.2, 0) is 11.4 Å². The molecule has 4 aromatic rings. The van der Waals surface area contributed by atoms with Crippen LogP contribution in [0.3, 0.4) is 0 Å². The predicted octanol–water partition coefficient (Wildman–Crippen LogP) is 5.05. The second kappa shape index (κ2) is 12.3. The molecule has 0 saturated carbocycles. The van der Waals surface area contributed by atoms with E-state index in [-0.39, 0.29) is 17.6 Å². The average Bonchev–Trinajstić information content (AvgIpc) is 3.24. The molecule has 1 heterocycles. The van der Waals surface area contributed by atoms with Gasteiger partial charge in [-0.1, -0.05) is 77.4 Å². The number of hydrogen-bond acceptors (Lipinski definition) is 8. The number of carbonyl (C=O) groups is 1. The number of anilines is 2. The highest BCUT2D eigenvalue weighted by Gasteiger charge is 2.13. The van der Waals surface area contributed by atoms with Gasteiger partial charge in [-0.25, -0.2) is 10.1 Å². The van der Waals surface area contributed by atoms with Gasteiger partial charge in [0, 0.05) is 10.6 Å². The summed E-state index contributed by atoms with van der Waals surface area (Å²) in [6.07, 6.45) is 1.60. The molecule has 0 bridgehead atoms. The van der Waals surface area contributed by atoms with E-state index in [4.69, 9.17) is 33.8 Å². The zero-order chi connectivity index (χ0) is 25.3. The number of para-hydroxylation sites is 1. The van der Waals surface area contributed by atoms with Crippen LogP contribution in [0, 0.1) is 0 Å². The fourth-order valence-corrected chi connectivity index (χ4v) is 3.97. The highest BCUT2D eigenvalue weighted by molar-refractivity contribution is 7.99. The first-order chi connectivity index (χ1) is 17.5. The molecule has 4 rings (SSSR count). The Morgan fingerprint density at radius 1 is 1.08 bits per heavy atom. The summed E-state index contributed by atoms with van der Waals surface area (Å²) in [6, 6.07) is 22.2. The number of ether oxygens (including phenoxy) is 1. The van der Waals surface area contributed by atoms with Gasteiger partial charge in [-0.05, 0) is 35.9 Å². The van der Waals surface area contributed by atoms with Gasteiger partial charge in [0.05, 0.1) is 22.7 Å². The van der Waals surface area contributed by atoms with Crippen molar-refractivity contribution in [2.75, 3.05) is 22.3 Å². The van der Waals surface area contributed by atoms with Gasteiger partial charge in [0.15, 0.2) is 0 Å². The number of benzene rings is 3. The molecule has 184 valence electrons. The van der Waals surface area contributed by atoms with E-state index in [0.717, 1.165) is 22.9 Å². The van der Waals surface area contributed by atoms with Crippen molar-refractivity contribution in [3.63, 3.8) is 0 Å². The van der Waals surface area contributed by atoms with Crippen molar-refractivity contribution in [3.8, 4) is 5.75 Å². The predicted molar refractivity (Wildman–Crippen MR) is 144 cm³/mol. The van der Waals surface area contributed by atoms with Gasteiger partial charge in [0.1, 0.15) is 12.4 Å². The minimum absolute atomic E-state index is 0.0353. The summed E-state index contributed by atoms with van der Waals surface area (Å²) in [5.41, 5.74) is 5.02. The van der Waals surface area contributed by atoms with E-state index in [2.05, 4.69) is 26.0 Å². The van der Waals surface area contributed by atoms with Crippen molar-refractivity contribution in [2.45, 2.75) is 11.8 Å². The first-order valence-electron chi connectivity index (χ1n) is 10.6. The van der Waals surface area contributed by atoms with Crippen LogP contribution >= 0.6 is 35.0 Å². The van der Waals surface area contributed by atoms with E-state index >= 15 is 0 Å². The second-order valence-corrected chi connectivity index (χ2v) is 9.11. The van der Waals surface area contributed by atoms with E-state index in [1.807, 2.05) is 54.6 Å². The maximum Gasteiger partial charge on any atom is 0.264 e. The van der Waals surface area contributed by atoms with Gasteiger partial charge in [0.2, 0.25) is 11.1 Å². The number of amides is 1. The Labute approximate surface area is 221 Å². The number of hydrazone groups is 1. The third kappa shape index (κ3) is 6.91. The Morgan fingerprint density at radius 2 is 1.86 bits per heavy atom. The number of rotatable bonds is 10. The van der Waals surface area contributed by atoms with Crippen LogP contribution in [0.25, 0.3) is 0 Å². The Balaban J connectivity index is 1.32. The Hall–Kier alpha value is -3.73. The van der Waals surface area contributed by atoms with E-state index in [0.29, 0.717) is 33.2 Å². The first kappa shape index (κ1) is 25.4. The first-order valence-corrected chi connectivity index (χ1v) is 12.4. The summed E-state index contributed by atoms with van der Waals surface area (Å²) in [5, 5.41) is 16.0. The fraction of sp³-hybridized carbons (Fsp3) is 0.0833. The summed E-state index contributed by atoms with van der Waals surface area (Å²) < 4.78 is 7.14. The molecule has 0 fully saturated rings. The number of nitrogens with zero attached hydrogens (tertiary/aromatic N) is 4. The molecule has 0 aliphatic heterocycles. The minimum atomic E-state index is -0.299. The van der Waals surface area contributed by atoms with Gasteiger partial charge in [-0.15, -0.1) is 10.2 Å². The summed E-state index contributed by atoms with van der Waals surface area (Å²) in [4.78, 5) is 12.3. The lowest BCUT2D eigenvalue weighted by Gasteiger charge is -2.09. The molecule has 0 spiro atoms. The lowest BCUT2D eigenvalue weighted by molar-refractivity contribution is -0.113. The molecule has 36 heavy (non-hydrogen) atoms. The molecule has 1 aromatic heterocycles. The normalized spacial score (nSPS) is 10.9. The summed E-state index contributed by atoms with van der Waals surface area (Å²) in [5.74, 6) is 6.67. The number of nitrogens with one attached hydrogen (secondary N) is 2. The maximum atomic E-state index is 12.3. The third-order valence-corrected chi connectivity index (χ3v) is 6.23. The Bertz CT molecular complexity index is 1370. The van der Waals surface area contributed by atoms with Gasteiger partial charge in [0.25, 0.3) is 5.95 Å². The van der Waals surface area contributed by atoms with Crippen LogP contribution in [0.1, 0.15) is 11.1 Å². The summed E-state index contributed by atoms with van der Waals surface area (Å²) in [6.45, 7) is 0.438. The van der Waals surface area contributed by atoms with Crippen molar-refractivity contribution >= 4 is 58.7 Å². The molecule has 3 aromatic carbocycles. The molecule has 9 nitrogen and oxygen atoms in total. The standard InChI is InChI=1S/C24H21Cl2N7O2S/c25-18-10-11-19(26)20(12-18)29-22(34)15-36-24-32-31-23(33(24)27)30-28-13-17-8-4-5-9-21(17)35-14-16-6-2-1-3-7-16/h1-13H,14-15,27H2,(H,29,34)(H,30,31)/b28-13+. The Kier molecular flexibility index (Phi) is 8.66. The van der Waals surface area contributed by atoms with Crippen LogP contribution < -0.4 is 21.3 Å². The number of aromatic nitrogens is 3. The molecule has 1 amide bonds. The number of halogens is 2. The van der Waals surface area contributed by atoms with E-state index in [1.54, 1.807) is 24.4 Å². The van der Waals surface area contributed by atoms with Gasteiger partial charge < -0.3 is 15.9 Å². The molecular weight excluding hydrogens is 521 g/mol. The smallest absolute Gasteiger partial charge is 0.264 e. The molecule has 0 radical (unpaired) electrons. The van der Waals surface area contributed by atoms with Crippen LogP contribution in [-0.4, -0.2) is 32.7 Å². The second-order valence-electron chi connectivity index (χ2n) is 7.32. The molecule has 12 heteroatoms. The number of nitrogen functional groups attached to an aromatic ring is 1. The molecule has 0 atom stereocenters. The van der Waals surface area contributed by atoms with E-state index in [1.165, 1.54) is 4.68 Å².